The molecule has 0 radical (unpaired) electrons. The van der Waals surface area contributed by atoms with Gasteiger partial charge in [0.2, 0.25) is 0 Å². The highest BCUT2D eigenvalue weighted by Crippen LogP contribution is 2.23. The Morgan fingerprint density at radius 3 is 2.57 bits per heavy atom. The van der Waals surface area contributed by atoms with Crippen molar-refractivity contribution in [1.82, 2.24) is 10.9 Å². The molecule has 72 valence electrons. The summed E-state index contributed by atoms with van der Waals surface area (Å²) >= 11 is 5.79. The SMILES string of the molecule is N#CC1CC(c2ccc(Cl)cc2)NN1. The van der Waals surface area contributed by atoms with Crippen LogP contribution in [0.3, 0.4) is 0 Å². The summed E-state index contributed by atoms with van der Waals surface area (Å²) in [5.41, 5.74) is 7.16. The van der Waals surface area contributed by atoms with Crippen molar-refractivity contribution in [2.75, 3.05) is 0 Å². The van der Waals surface area contributed by atoms with Crippen LogP contribution < -0.4 is 10.9 Å². The summed E-state index contributed by atoms with van der Waals surface area (Å²) in [5, 5.41) is 9.43. The molecular weight excluding hydrogens is 198 g/mol. The number of rotatable bonds is 1. The standard InChI is InChI=1S/C10H10ClN3/c11-8-3-1-7(2-4-8)10-5-9(6-12)13-14-10/h1-4,9-10,13-14H,5H2. The fourth-order valence-corrected chi connectivity index (χ4v) is 1.68. The summed E-state index contributed by atoms with van der Waals surface area (Å²) in [5.74, 6) is 0. The molecule has 1 saturated heterocycles. The third-order valence-corrected chi connectivity index (χ3v) is 2.58. The molecule has 1 aliphatic heterocycles. The van der Waals surface area contributed by atoms with Gasteiger partial charge in [0.25, 0.3) is 0 Å². The van der Waals surface area contributed by atoms with Gasteiger partial charge in [-0.3, -0.25) is 0 Å². The highest BCUT2D eigenvalue weighted by atomic mass is 35.5. The lowest BCUT2D eigenvalue weighted by Crippen LogP contribution is -2.29. The minimum absolute atomic E-state index is 0.101. The summed E-state index contributed by atoms with van der Waals surface area (Å²) in [6, 6.07) is 9.95. The van der Waals surface area contributed by atoms with E-state index in [1.807, 2.05) is 24.3 Å². The molecular formula is C10H10ClN3. The first-order chi connectivity index (χ1) is 6.79. The molecule has 1 aromatic rings. The number of hydrogen-bond acceptors (Lipinski definition) is 3. The molecule has 2 rings (SSSR count). The Hall–Kier alpha value is -1.08. The van der Waals surface area contributed by atoms with E-state index in [1.165, 1.54) is 0 Å². The van der Waals surface area contributed by atoms with Crippen LogP contribution in [0, 0.1) is 11.3 Å². The van der Waals surface area contributed by atoms with Crippen molar-refractivity contribution in [1.29, 1.82) is 5.26 Å². The maximum atomic E-state index is 8.70. The van der Waals surface area contributed by atoms with Gasteiger partial charge in [-0.25, -0.2) is 10.9 Å². The molecule has 14 heavy (non-hydrogen) atoms. The topological polar surface area (TPSA) is 47.9 Å². The van der Waals surface area contributed by atoms with Crippen LogP contribution in [0.15, 0.2) is 24.3 Å². The Balaban J connectivity index is 2.10. The molecule has 2 atom stereocenters. The Morgan fingerprint density at radius 2 is 2.00 bits per heavy atom. The van der Waals surface area contributed by atoms with E-state index in [0.29, 0.717) is 0 Å². The van der Waals surface area contributed by atoms with E-state index in [-0.39, 0.29) is 12.1 Å². The zero-order chi connectivity index (χ0) is 9.97. The van der Waals surface area contributed by atoms with Crippen LogP contribution in [-0.2, 0) is 0 Å². The van der Waals surface area contributed by atoms with Crippen LogP contribution >= 0.6 is 11.6 Å². The zero-order valence-corrected chi connectivity index (χ0v) is 8.25. The van der Waals surface area contributed by atoms with Gasteiger partial charge in [-0.15, -0.1) is 0 Å². The maximum absolute atomic E-state index is 8.70. The number of hydrazine groups is 1. The van der Waals surface area contributed by atoms with E-state index >= 15 is 0 Å². The molecule has 0 saturated carbocycles. The fourth-order valence-electron chi connectivity index (χ4n) is 1.55. The van der Waals surface area contributed by atoms with Gasteiger partial charge in [-0.2, -0.15) is 5.26 Å². The van der Waals surface area contributed by atoms with Crippen molar-refractivity contribution in [2.45, 2.75) is 18.5 Å². The van der Waals surface area contributed by atoms with Crippen molar-refractivity contribution in [3.05, 3.63) is 34.9 Å². The molecule has 1 aromatic carbocycles. The van der Waals surface area contributed by atoms with E-state index in [0.717, 1.165) is 17.0 Å². The molecule has 0 spiro atoms. The van der Waals surface area contributed by atoms with Gasteiger partial charge in [-0.05, 0) is 24.1 Å². The summed E-state index contributed by atoms with van der Waals surface area (Å²) in [7, 11) is 0. The second kappa shape index (κ2) is 3.97. The Bertz CT molecular complexity index is 355. The molecule has 2 unspecified atom stereocenters. The lowest BCUT2D eigenvalue weighted by Gasteiger charge is -2.08. The monoisotopic (exact) mass is 207 g/mol. The average Bonchev–Trinajstić information content (AvgIpc) is 2.67. The van der Waals surface area contributed by atoms with E-state index in [9.17, 15) is 0 Å². The molecule has 1 fully saturated rings. The molecule has 0 aliphatic carbocycles. The highest BCUT2D eigenvalue weighted by Gasteiger charge is 2.24. The van der Waals surface area contributed by atoms with Crippen LogP contribution in [0.1, 0.15) is 18.0 Å². The van der Waals surface area contributed by atoms with Crippen LogP contribution in [0.2, 0.25) is 5.02 Å². The van der Waals surface area contributed by atoms with Gasteiger partial charge in [0.05, 0.1) is 6.07 Å². The summed E-state index contributed by atoms with van der Waals surface area (Å²) in [4.78, 5) is 0. The van der Waals surface area contributed by atoms with Crippen LogP contribution in [0.5, 0.6) is 0 Å². The van der Waals surface area contributed by atoms with Crippen molar-refractivity contribution in [2.24, 2.45) is 0 Å². The van der Waals surface area contributed by atoms with Gasteiger partial charge >= 0.3 is 0 Å². The Kier molecular flexibility index (Phi) is 2.69. The average molecular weight is 208 g/mol. The second-order valence-electron chi connectivity index (χ2n) is 3.31. The van der Waals surface area contributed by atoms with E-state index in [4.69, 9.17) is 16.9 Å². The van der Waals surface area contributed by atoms with Crippen LogP contribution in [0.4, 0.5) is 0 Å². The second-order valence-corrected chi connectivity index (χ2v) is 3.75. The van der Waals surface area contributed by atoms with Crippen molar-refractivity contribution >= 4 is 11.6 Å². The van der Waals surface area contributed by atoms with Crippen molar-refractivity contribution in [3.63, 3.8) is 0 Å². The van der Waals surface area contributed by atoms with Gasteiger partial charge < -0.3 is 0 Å². The number of halogens is 1. The quantitative estimate of drug-likeness (QED) is 0.738. The van der Waals surface area contributed by atoms with Crippen molar-refractivity contribution < 1.29 is 0 Å². The molecule has 0 bridgehead atoms. The number of benzene rings is 1. The van der Waals surface area contributed by atoms with Gasteiger partial charge in [0.1, 0.15) is 6.04 Å². The van der Waals surface area contributed by atoms with Crippen LogP contribution in [-0.4, -0.2) is 6.04 Å². The lowest BCUT2D eigenvalue weighted by atomic mass is 10.0. The molecule has 4 heteroatoms. The first-order valence-corrected chi connectivity index (χ1v) is 4.83. The van der Waals surface area contributed by atoms with E-state index in [1.54, 1.807) is 0 Å². The summed E-state index contributed by atoms with van der Waals surface area (Å²) in [6.45, 7) is 0. The minimum atomic E-state index is -0.101. The lowest BCUT2D eigenvalue weighted by molar-refractivity contribution is 0.573. The maximum Gasteiger partial charge on any atom is 0.110 e. The molecule has 0 aromatic heterocycles. The fraction of sp³-hybridized carbons (Fsp3) is 0.300. The van der Waals surface area contributed by atoms with Gasteiger partial charge in [0.15, 0.2) is 0 Å². The summed E-state index contributed by atoms with van der Waals surface area (Å²) in [6.07, 6.45) is 0.790. The number of nitrogens with one attached hydrogen (secondary N) is 2. The summed E-state index contributed by atoms with van der Waals surface area (Å²) < 4.78 is 0. The minimum Gasteiger partial charge on any atom is -0.249 e. The van der Waals surface area contributed by atoms with E-state index in [2.05, 4.69) is 16.9 Å². The van der Waals surface area contributed by atoms with E-state index < -0.39 is 0 Å². The molecule has 1 heterocycles. The number of hydrogen-bond donors (Lipinski definition) is 2. The first-order valence-electron chi connectivity index (χ1n) is 4.46. The Morgan fingerprint density at radius 1 is 1.29 bits per heavy atom. The number of nitriles is 1. The third-order valence-electron chi connectivity index (χ3n) is 2.33. The van der Waals surface area contributed by atoms with Crippen molar-refractivity contribution in [3.8, 4) is 6.07 Å². The van der Waals surface area contributed by atoms with Gasteiger partial charge in [-0.1, -0.05) is 23.7 Å². The highest BCUT2D eigenvalue weighted by molar-refractivity contribution is 6.30. The first kappa shape index (κ1) is 9.47. The molecule has 1 aliphatic rings. The molecule has 3 nitrogen and oxygen atoms in total. The number of nitrogens with zero attached hydrogens (tertiary/aromatic N) is 1. The predicted octanol–water partition coefficient (Wildman–Crippen LogP) is 1.77. The largest absolute Gasteiger partial charge is 0.249 e. The third kappa shape index (κ3) is 1.88. The van der Waals surface area contributed by atoms with Crippen LogP contribution in [0.25, 0.3) is 0 Å². The smallest absolute Gasteiger partial charge is 0.110 e. The van der Waals surface area contributed by atoms with Gasteiger partial charge in [0, 0.05) is 11.1 Å². The predicted molar refractivity (Wildman–Crippen MR) is 54.5 cm³/mol. The zero-order valence-electron chi connectivity index (χ0n) is 7.50. The normalized spacial score (nSPS) is 26.0. The molecule has 0 amide bonds. The Labute approximate surface area is 87.7 Å². The molecule has 2 N–H and O–H groups in total.